The van der Waals surface area contributed by atoms with Gasteiger partial charge in [0.2, 0.25) is 0 Å². The average molecular weight is 346 g/mol. The first-order chi connectivity index (χ1) is 8.52. The van der Waals surface area contributed by atoms with Crippen LogP contribution in [-0.4, -0.2) is 17.6 Å². The molecule has 2 heterocycles. The van der Waals surface area contributed by atoms with Gasteiger partial charge in [-0.2, -0.15) is 0 Å². The molecule has 0 aromatic carbocycles. The van der Waals surface area contributed by atoms with Gasteiger partial charge < -0.3 is 4.74 Å². The molecule has 0 bridgehead atoms. The quantitative estimate of drug-likeness (QED) is 0.772. The number of thiophene rings is 1. The summed E-state index contributed by atoms with van der Waals surface area (Å²) in [6.45, 7) is 6.06. The lowest BCUT2D eigenvalue weighted by atomic mass is 10.3. The fraction of sp³-hybridized carbons (Fsp3) is 0.333. The lowest BCUT2D eigenvalue weighted by Gasteiger charge is -1.97. The number of carbonyl (C=O) groups is 1. The molecule has 0 N–H and O–H groups in total. The number of aromatic nitrogens is 1. The van der Waals surface area contributed by atoms with E-state index in [1.807, 2.05) is 13.8 Å². The van der Waals surface area contributed by atoms with Crippen molar-refractivity contribution in [1.82, 2.24) is 4.98 Å². The summed E-state index contributed by atoms with van der Waals surface area (Å²) in [7, 11) is 0. The molecular weight excluding hydrogens is 334 g/mol. The number of carbonyl (C=O) groups excluding carboxylic acids is 1. The second kappa shape index (κ2) is 5.50. The van der Waals surface area contributed by atoms with E-state index in [2.05, 4.69) is 27.0 Å². The smallest absolute Gasteiger partial charge is 0.350 e. The predicted molar refractivity (Wildman–Crippen MR) is 78.6 cm³/mol. The number of ether oxygens (including phenoxy) is 1. The number of rotatable bonds is 3. The molecule has 0 unspecified atom stereocenters. The molecule has 0 spiro atoms. The molecule has 0 aliphatic carbocycles. The van der Waals surface area contributed by atoms with Crippen molar-refractivity contribution in [2.24, 2.45) is 0 Å². The summed E-state index contributed by atoms with van der Waals surface area (Å²) in [5, 5.41) is 0.878. The first-order valence-electron chi connectivity index (χ1n) is 5.43. The summed E-state index contributed by atoms with van der Waals surface area (Å²) in [6, 6.07) is 2.06. The summed E-state index contributed by atoms with van der Waals surface area (Å²) in [5.41, 5.74) is 1.90. The van der Waals surface area contributed by atoms with Crippen molar-refractivity contribution >= 4 is 44.6 Å². The molecule has 0 saturated carbocycles. The number of halogens is 1. The molecule has 18 heavy (non-hydrogen) atoms. The highest BCUT2D eigenvalue weighted by Crippen LogP contribution is 2.38. The molecule has 96 valence electrons. The van der Waals surface area contributed by atoms with Gasteiger partial charge in [-0.25, -0.2) is 9.78 Å². The molecule has 0 atom stereocenters. The molecule has 0 aliphatic heterocycles. The first-order valence-corrected chi connectivity index (χ1v) is 7.86. The van der Waals surface area contributed by atoms with Crippen molar-refractivity contribution in [1.29, 1.82) is 0 Å². The van der Waals surface area contributed by atoms with Gasteiger partial charge in [-0.15, -0.1) is 22.7 Å². The van der Waals surface area contributed by atoms with E-state index in [0.717, 1.165) is 24.9 Å². The minimum atomic E-state index is -0.285. The monoisotopic (exact) mass is 345 g/mol. The standard InChI is InChI=1S/C12H12BrNO2S2/c1-4-16-12(15)10-7(3)14-11(18-10)9-6(2)5-8(13)17-9/h5H,4H2,1-3H3. The van der Waals surface area contributed by atoms with E-state index in [1.54, 1.807) is 18.3 Å². The number of nitrogens with zero attached hydrogens (tertiary/aromatic N) is 1. The van der Waals surface area contributed by atoms with E-state index in [-0.39, 0.29) is 5.97 Å². The van der Waals surface area contributed by atoms with E-state index >= 15 is 0 Å². The van der Waals surface area contributed by atoms with Crippen LogP contribution in [-0.2, 0) is 4.74 Å². The first kappa shape index (κ1) is 13.7. The minimum absolute atomic E-state index is 0.285. The van der Waals surface area contributed by atoms with Crippen LogP contribution in [0.25, 0.3) is 9.88 Å². The molecule has 0 fully saturated rings. The van der Waals surface area contributed by atoms with E-state index in [1.165, 1.54) is 11.3 Å². The zero-order chi connectivity index (χ0) is 13.3. The maximum absolute atomic E-state index is 11.7. The second-order valence-electron chi connectivity index (χ2n) is 3.72. The molecule has 0 saturated heterocycles. The number of hydrogen-bond acceptors (Lipinski definition) is 5. The third kappa shape index (κ3) is 2.65. The summed E-state index contributed by atoms with van der Waals surface area (Å²) in [6.07, 6.45) is 0. The molecule has 2 aromatic heterocycles. The maximum Gasteiger partial charge on any atom is 0.350 e. The van der Waals surface area contributed by atoms with Gasteiger partial charge in [-0.3, -0.25) is 0 Å². The van der Waals surface area contributed by atoms with Crippen LogP contribution in [0.5, 0.6) is 0 Å². The third-order valence-electron chi connectivity index (χ3n) is 2.34. The topological polar surface area (TPSA) is 39.2 Å². The van der Waals surface area contributed by atoms with Crippen LogP contribution < -0.4 is 0 Å². The molecule has 2 aromatic rings. The highest BCUT2D eigenvalue weighted by atomic mass is 79.9. The van der Waals surface area contributed by atoms with Crippen molar-refractivity contribution in [2.45, 2.75) is 20.8 Å². The zero-order valence-corrected chi connectivity index (χ0v) is 13.5. The highest BCUT2D eigenvalue weighted by Gasteiger charge is 2.19. The lowest BCUT2D eigenvalue weighted by Crippen LogP contribution is -2.03. The van der Waals surface area contributed by atoms with E-state index in [9.17, 15) is 4.79 Å². The van der Waals surface area contributed by atoms with Gasteiger partial charge in [-0.05, 0) is 48.3 Å². The SMILES string of the molecule is CCOC(=O)c1sc(-c2sc(Br)cc2C)nc1C. The Balaban J connectivity index is 2.40. The Morgan fingerprint density at radius 3 is 2.72 bits per heavy atom. The van der Waals surface area contributed by atoms with Gasteiger partial charge in [0.1, 0.15) is 9.88 Å². The van der Waals surface area contributed by atoms with Gasteiger partial charge in [0, 0.05) is 0 Å². The number of thiazole rings is 1. The zero-order valence-electron chi connectivity index (χ0n) is 10.2. The van der Waals surface area contributed by atoms with Crippen molar-refractivity contribution in [3.05, 3.63) is 26.0 Å². The Kier molecular flexibility index (Phi) is 4.19. The number of hydrogen-bond donors (Lipinski definition) is 0. The summed E-state index contributed by atoms with van der Waals surface area (Å²) >= 11 is 6.48. The Labute approximate surface area is 122 Å². The largest absolute Gasteiger partial charge is 0.462 e. The molecular formula is C12H12BrNO2S2. The van der Waals surface area contributed by atoms with Crippen LogP contribution in [0.2, 0.25) is 0 Å². The normalized spacial score (nSPS) is 10.7. The summed E-state index contributed by atoms with van der Waals surface area (Å²) < 4.78 is 6.09. The van der Waals surface area contributed by atoms with Crippen LogP contribution in [0.3, 0.4) is 0 Å². The van der Waals surface area contributed by atoms with Gasteiger partial charge in [0.05, 0.1) is 21.0 Å². The summed E-state index contributed by atoms with van der Waals surface area (Å²) in [4.78, 5) is 17.9. The van der Waals surface area contributed by atoms with Crippen LogP contribution in [0.4, 0.5) is 0 Å². The van der Waals surface area contributed by atoms with Crippen LogP contribution in [0.1, 0.15) is 27.9 Å². The fourth-order valence-electron chi connectivity index (χ4n) is 1.54. The molecule has 0 amide bonds. The van der Waals surface area contributed by atoms with E-state index in [4.69, 9.17) is 4.74 Å². The maximum atomic E-state index is 11.7. The van der Waals surface area contributed by atoms with E-state index in [0.29, 0.717) is 11.5 Å². The van der Waals surface area contributed by atoms with E-state index < -0.39 is 0 Å². The third-order valence-corrected chi connectivity index (χ3v) is 5.37. The van der Waals surface area contributed by atoms with Crippen LogP contribution in [0.15, 0.2) is 9.85 Å². The lowest BCUT2D eigenvalue weighted by molar-refractivity contribution is 0.0531. The molecule has 3 nitrogen and oxygen atoms in total. The van der Waals surface area contributed by atoms with Gasteiger partial charge in [-0.1, -0.05) is 0 Å². The van der Waals surface area contributed by atoms with Crippen molar-refractivity contribution in [2.75, 3.05) is 6.61 Å². The minimum Gasteiger partial charge on any atom is -0.462 e. The van der Waals surface area contributed by atoms with Crippen molar-refractivity contribution in [3.63, 3.8) is 0 Å². The van der Waals surface area contributed by atoms with Crippen molar-refractivity contribution in [3.8, 4) is 9.88 Å². The Bertz CT molecular complexity index is 589. The number of aryl methyl sites for hydroxylation is 2. The van der Waals surface area contributed by atoms with Crippen LogP contribution in [0, 0.1) is 13.8 Å². The average Bonchev–Trinajstić information content (AvgIpc) is 2.82. The highest BCUT2D eigenvalue weighted by molar-refractivity contribution is 9.11. The molecule has 0 aliphatic rings. The van der Waals surface area contributed by atoms with Crippen molar-refractivity contribution < 1.29 is 9.53 Å². The van der Waals surface area contributed by atoms with Crippen LogP contribution >= 0.6 is 38.6 Å². The fourth-order valence-corrected chi connectivity index (χ4v) is 4.36. The Morgan fingerprint density at radius 1 is 1.44 bits per heavy atom. The summed E-state index contributed by atoms with van der Waals surface area (Å²) in [5.74, 6) is -0.285. The van der Waals surface area contributed by atoms with Gasteiger partial charge in [0.15, 0.2) is 0 Å². The number of esters is 1. The Morgan fingerprint density at radius 2 is 2.17 bits per heavy atom. The molecule has 6 heteroatoms. The second-order valence-corrected chi connectivity index (χ2v) is 7.15. The van der Waals surface area contributed by atoms with Gasteiger partial charge >= 0.3 is 5.97 Å². The van der Waals surface area contributed by atoms with Gasteiger partial charge in [0.25, 0.3) is 0 Å². The predicted octanol–water partition coefficient (Wildman–Crippen LogP) is 4.43. The molecule has 2 rings (SSSR count). The Hall–Kier alpha value is -0.720. The molecule has 0 radical (unpaired) electrons.